The molecule has 0 fully saturated rings. The van der Waals surface area contributed by atoms with Gasteiger partial charge >= 0.3 is 11.7 Å². The molecular formula is C21H21NO6. The molecule has 0 radical (unpaired) electrons. The molecule has 28 heavy (non-hydrogen) atoms. The minimum atomic E-state index is -0.573. The number of amides is 1. The number of carbonyl (C=O) groups is 1. The monoisotopic (exact) mass is 383 g/mol. The van der Waals surface area contributed by atoms with Crippen LogP contribution in [0.5, 0.6) is 11.5 Å². The van der Waals surface area contributed by atoms with Crippen LogP contribution in [-0.2, 0) is 11.3 Å². The lowest BCUT2D eigenvalue weighted by Crippen LogP contribution is -2.13. The van der Waals surface area contributed by atoms with Gasteiger partial charge in [-0.1, -0.05) is 12.1 Å². The summed E-state index contributed by atoms with van der Waals surface area (Å²) in [5.41, 5.74) is 0.977. The fraction of sp³-hybridized carbons (Fsp3) is 0.238. The Morgan fingerprint density at radius 2 is 1.75 bits per heavy atom. The molecule has 1 heterocycles. The molecule has 7 heteroatoms. The van der Waals surface area contributed by atoms with E-state index in [4.69, 9.17) is 18.6 Å². The molecule has 0 unspecified atom stereocenters. The van der Waals surface area contributed by atoms with E-state index in [1.807, 2.05) is 25.1 Å². The number of fused-ring (bicyclic) bond motifs is 1. The second kappa shape index (κ2) is 8.94. The summed E-state index contributed by atoms with van der Waals surface area (Å²) in [6.07, 6.45) is -0.573. The van der Waals surface area contributed by atoms with Crippen LogP contribution in [0.4, 0.5) is 10.5 Å². The first-order valence-corrected chi connectivity index (χ1v) is 8.96. The van der Waals surface area contributed by atoms with Crippen LogP contribution in [0, 0.1) is 0 Å². The Morgan fingerprint density at radius 3 is 2.46 bits per heavy atom. The van der Waals surface area contributed by atoms with Crippen LogP contribution in [0.3, 0.4) is 0 Å². The molecule has 0 saturated carbocycles. The van der Waals surface area contributed by atoms with Crippen LogP contribution < -0.4 is 20.4 Å². The largest absolute Gasteiger partial charge is 0.490 e. The number of rotatable bonds is 7. The molecule has 2 aromatic carbocycles. The molecule has 0 bridgehead atoms. The first-order valence-electron chi connectivity index (χ1n) is 8.96. The Labute approximate surface area is 161 Å². The number of anilines is 1. The van der Waals surface area contributed by atoms with Gasteiger partial charge in [0.15, 0.2) is 11.5 Å². The molecule has 3 aromatic rings. The lowest BCUT2D eigenvalue weighted by molar-refractivity contribution is 0.168. The summed E-state index contributed by atoms with van der Waals surface area (Å²) in [5, 5.41) is 3.29. The zero-order chi connectivity index (χ0) is 19.9. The Balaban J connectivity index is 1.85. The summed E-state index contributed by atoms with van der Waals surface area (Å²) in [5.74, 6) is 1.23. The van der Waals surface area contributed by atoms with Gasteiger partial charge in [-0.3, -0.25) is 5.32 Å². The highest BCUT2D eigenvalue weighted by atomic mass is 16.5. The fourth-order valence-corrected chi connectivity index (χ4v) is 2.71. The molecule has 146 valence electrons. The highest BCUT2D eigenvalue weighted by molar-refractivity contribution is 5.89. The van der Waals surface area contributed by atoms with Crippen molar-refractivity contribution in [2.24, 2.45) is 0 Å². The molecule has 3 rings (SSSR count). The summed E-state index contributed by atoms with van der Waals surface area (Å²) >= 11 is 0. The Kier molecular flexibility index (Phi) is 6.16. The third-order valence-corrected chi connectivity index (χ3v) is 3.88. The standard InChI is InChI=1S/C21H21NO6/c1-3-25-17-7-5-6-8-18(17)27-13-14-11-20(23)28-19-12-15(9-10-16(14)19)22-21(24)26-4-2/h5-12H,3-4,13H2,1-2H3,(H,22,24). The van der Waals surface area contributed by atoms with Gasteiger partial charge in [0.2, 0.25) is 0 Å². The van der Waals surface area contributed by atoms with Crippen LogP contribution >= 0.6 is 0 Å². The van der Waals surface area contributed by atoms with Gasteiger partial charge in [0.1, 0.15) is 12.2 Å². The molecule has 0 aliphatic heterocycles. The highest BCUT2D eigenvalue weighted by Gasteiger charge is 2.11. The molecular weight excluding hydrogens is 362 g/mol. The van der Waals surface area contributed by atoms with E-state index in [-0.39, 0.29) is 13.2 Å². The molecule has 1 amide bonds. The maximum atomic E-state index is 12.0. The van der Waals surface area contributed by atoms with Crippen LogP contribution in [0.25, 0.3) is 11.0 Å². The van der Waals surface area contributed by atoms with E-state index in [1.165, 1.54) is 6.07 Å². The van der Waals surface area contributed by atoms with Crippen molar-refractivity contribution in [3.63, 3.8) is 0 Å². The summed E-state index contributed by atoms with van der Waals surface area (Å²) in [6.45, 7) is 4.56. The van der Waals surface area contributed by atoms with Gasteiger partial charge in [0, 0.05) is 28.8 Å². The summed E-state index contributed by atoms with van der Waals surface area (Å²) in [6, 6.07) is 13.8. The van der Waals surface area contributed by atoms with Crippen LogP contribution in [-0.4, -0.2) is 19.3 Å². The molecule has 0 atom stereocenters. The fourth-order valence-electron chi connectivity index (χ4n) is 2.71. The topological polar surface area (TPSA) is 87.0 Å². The zero-order valence-corrected chi connectivity index (χ0v) is 15.7. The quantitative estimate of drug-likeness (QED) is 0.611. The minimum Gasteiger partial charge on any atom is -0.490 e. The van der Waals surface area contributed by atoms with Crippen LogP contribution in [0.2, 0.25) is 0 Å². The maximum Gasteiger partial charge on any atom is 0.411 e. The van der Waals surface area contributed by atoms with E-state index < -0.39 is 11.7 Å². The van der Waals surface area contributed by atoms with E-state index in [1.54, 1.807) is 31.2 Å². The van der Waals surface area contributed by atoms with Crippen molar-refractivity contribution in [1.82, 2.24) is 0 Å². The summed E-state index contributed by atoms with van der Waals surface area (Å²) in [7, 11) is 0. The van der Waals surface area contributed by atoms with E-state index >= 15 is 0 Å². The zero-order valence-electron chi connectivity index (χ0n) is 15.7. The van der Waals surface area contributed by atoms with Gasteiger partial charge < -0.3 is 18.6 Å². The van der Waals surface area contributed by atoms with Crippen molar-refractivity contribution >= 4 is 22.7 Å². The number of ether oxygens (including phenoxy) is 3. The predicted octanol–water partition coefficient (Wildman–Crippen LogP) is 4.34. The Morgan fingerprint density at radius 1 is 1.00 bits per heavy atom. The summed E-state index contributed by atoms with van der Waals surface area (Å²) < 4.78 is 21.5. The van der Waals surface area contributed by atoms with E-state index in [9.17, 15) is 9.59 Å². The first-order chi connectivity index (χ1) is 13.6. The van der Waals surface area contributed by atoms with Crippen LogP contribution in [0.15, 0.2) is 57.7 Å². The van der Waals surface area contributed by atoms with Crippen molar-refractivity contribution in [3.05, 3.63) is 64.5 Å². The smallest absolute Gasteiger partial charge is 0.411 e. The van der Waals surface area contributed by atoms with Gasteiger partial charge in [-0.25, -0.2) is 9.59 Å². The molecule has 1 aromatic heterocycles. The predicted molar refractivity (Wildman–Crippen MR) is 105 cm³/mol. The van der Waals surface area contributed by atoms with Crippen molar-refractivity contribution in [2.45, 2.75) is 20.5 Å². The van der Waals surface area contributed by atoms with Crippen molar-refractivity contribution < 1.29 is 23.4 Å². The third kappa shape index (κ3) is 4.62. The molecule has 0 spiro atoms. The van der Waals surface area contributed by atoms with Gasteiger partial charge in [0.25, 0.3) is 0 Å². The number of para-hydroxylation sites is 2. The Hall–Kier alpha value is -3.48. The summed E-state index contributed by atoms with van der Waals surface area (Å²) in [4.78, 5) is 23.5. The van der Waals surface area contributed by atoms with Crippen molar-refractivity contribution in [3.8, 4) is 11.5 Å². The highest BCUT2D eigenvalue weighted by Crippen LogP contribution is 2.28. The molecule has 1 N–H and O–H groups in total. The number of benzene rings is 2. The average molecular weight is 383 g/mol. The van der Waals surface area contributed by atoms with Gasteiger partial charge in [0.05, 0.1) is 13.2 Å². The van der Waals surface area contributed by atoms with Gasteiger partial charge in [-0.05, 0) is 38.1 Å². The molecule has 0 aliphatic rings. The number of hydrogen-bond acceptors (Lipinski definition) is 6. The minimum absolute atomic E-state index is 0.164. The average Bonchev–Trinajstić information content (AvgIpc) is 2.67. The van der Waals surface area contributed by atoms with Gasteiger partial charge in [-0.15, -0.1) is 0 Å². The first kappa shape index (κ1) is 19.3. The number of carbonyl (C=O) groups excluding carboxylic acids is 1. The lowest BCUT2D eigenvalue weighted by Gasteiger charge is -2.13. The normalized spacial score (nSPS) is 10.5. The lowest BCUT2D eigenvalue weighted by atomic mass is 10.1. The van der Waals surface area contributed by atoms with E-state index in [0.29, 0.717) is 40.3 Å². The van der Waals surface area contributed by atoms with E-state index in [2.05, 4.69) is 5.32 Å². The molecule has 7 nitrogen and oxygen atoms in total. The SMILES string of the molecule is CCOC(=O)Nc1ccc2c(COc3ccccc3OCC)cc(=O)oc2c1. The molecule has 0 saturated heterocycles. The second-order valence-corrected chi connectivity index (χ2v) is 5.82. The second-order valence-electron chi connectivity index (χ2n) is 5.82. The number of hydrogen-bond donors (Lipinski definition) is 1. The van der Waals surface area contributed by atoms with Crippen molar-refractivity contribution in [2.75, 3.05) is 18.5 Å². The Bertz CT molecular complexity index is 1030. The number of nitrogens with one attached hydrogen (secondary N) is 1. The molecule has 0 aliphatic carbocycles. The van der Waals surface area contributed by atoms with E-state index in [0.717, 1.165) is 0 Å². The van der Waals surface area contributed by atoms with Gasteiger partial charge in [-0.2, -0.15) is 0 Å². The maximum absolute atomic E-state index is 12.0. The van der Waals surface area contributed by atoms with Crippen LogP contribution in [0.1, 0.15) is 19.4 Å². The third-order valence-electron chi connectivity index (χ3n) is 3.88. The van der Waals surface area contributed by atoms with Crippen molar-refractivity contribution in [1.29, 1.82) is 0 Å².